The molecular weight excluding hydrogens is 312 g/mol. The van der Waals surface area contributed by atoms with Crippen LogP contribution in [-0.2, 0) is 13.3 Å². The Kier molecular flexibility index (Phi) is 2.99. The summed E-state index contributed by atoms with van der Waals surface area (Å²) in [6.45, 7) is 0.474. The number of nitro benzene ring substituents is 1. The predicted octanol–water partition coefficient (Wildman–Crippen LogP) is 1.51. The van der Waals surface area contributed by atoms with Crippen LogP contribution < -0.4 is 16.0 Å². The van der Waals surface area contributed by atoms with Gasteiger partial charge in [-0.15, -0.1) is 0 Å². The average Bonchev–Trinajstić information content (AvgIpc) is 3.06. The predicted molar refractivity (Wildman–Crippen MR) is 88.0 cm³/mol. The fourth-order valence-electron chi connectivity index (χ4n) is 2.96. The molecule has 0 unspecified atom stereocenters. The molecule has 0 aliphatic carbocycles. The number of nitrogens with zero attached hydrogens (tertiary/aromatic N) is 4. The van der Waals surface area contributed by atoms with Crippen molar-refractivity contribution in [3.63, 3.8) is 0 Å². The molecule has 0 atom stereocenters. The van der Waals surface area contributed by atoms with E-state index < -0.39 is 10.5 Å². The van der Waals surface area contributed by atoms with Crippen LogP contribution in [0.25, 0.3) is 10.8 Å². The second-order valence-electron chi connectivity index (χ2n) is 5.55. The van der Waals surface area contributed by atoms with E-state index in [0.717, 1.165) is 11.8 Å². The van der Waals surface area contributed by atoms with Gasteiger partial charge in [0.25, 0.3) is 16.8 Å². The fourth-order valence-corrected chi connectivity index (χ4v) is 2.96. The van der Waals surface area contributed by atoms with Gasteiger partial charge in [-0.3, -0.25) is 19.7 Å². The quantitative estimate of drug-likeness (QED) is 0.526. The molecule has 2 heterocycles. The first-order valence-corrected chi connectivity index (χ1v) is 7.28. The maximum Gasteiger partial charge on any atom is 0.275 e. The molecule has 0 N–H and O–H groups in total. The van der Waals surface area contributed by atoms with Crippen LogP contribution in [0.5, 0.6) is 0 Å². The van der Waals surface area contributed by atoms with Gasteiger partial charge < -0.3 is 4.90 Å². The topological polar surface area (TPSA) is 90.4 Å². The van der Waals surface area contributed by atoms with E-state index >= 15 is 0 Å². The summed E-state index contributed by atoms with van der Waals surface area (Å²) in [5.74, 6) is 0. The molecule has 120 valence electrons. The average molecular weight is 324 g/mol. The molecular formula is C16H12N4O4. The molecule has 0 fully saturated rings. The number of fused-ring (bicyclic) bond motifs is 2. The van der Waals surface area contributed by atoms with E-state index in [4.69, 9.17) is 0 Å². The van der Waals surface area contributed by atoms with Gasteiger partial charge in [-0.1, -0.05) is 18.2 Å². The smallest absolute Gasteiger partial charge is 0.275 e. The molecule has 0 radical (unpaired) electrons. The molecule has 0 saturated carbocycles. The van der Waals surface area contributed by atoms with E-state index in [9.17, 15) is 19.7 Å². The minimum atomic E-state index is -0.579. The van der Waals surface area contributed by atoms with Crippen LogP contribution in [0.4, 0.5) is 11.4 Å². The van der Waals surface area contributed by atoms with E-state index in [-0.39, 0.29) is 35.4 Å². The van der Waals surface area contributed by atoms with Crippen molar-refractivity contribution in [2.24, 2.45) is 0 Å². The Morgan fingerprint density at radius 3 is 2.12 bits per heavy atom. The Labute approximate surface area is 134 Å². The molecule has 8 heteroatoms. The molecule has 1 aromatic heterocycles. The molecule has 1 aliphatic rings. The van der Waals surface area contributed by atoms with Crippen molar-refractivity contribution in [2.45, 2.75) is 13.3 Å². The fraction of sp³-hybridized carbons (Fsp3) is 0.125. The lowest BCUT2D eigenvalue weighted by atomic mass is 10.2. The number of benzene rings is 2. The number of non-ortho nitro benzene ring substituents is 1. The third-order valence-electron chi connectivity index (χ3n) is 4.17. The minimum Gasteiger partial charge on any atom is -0.332 e. The lowest BCUT2D eigenvalue weighted by Crippen LogP contribution is -2.34. The van der Waals surface area contributed by atoms with Gasteiger partial charge in [0.1, 0.15) is 13.3 Å². The number of aromatic nitrogens is 2. The molecule has 1 aliphatic heterocycles. The Balaban J connectivity index is 1.91. The van der Waals surface area contributed by atoms with Crippen LogP contribution >= 0.6 is 0 Å². The summed E-state index contributed by atoms with van der Waals surface area (Å²) < 4.78 is 2.69. The molecule has 0 spiro atoms. The third-order valence-corrected chi connectivity index (χ3v) is 4.17. The maximum absolute atomic E-state index is 12.7. The Hall–Kier alpha value is -3.42. The summed E-state index contributed by atoms with van der Waals surface area (Å²) in [6, 6.07) is 13.2. The highest BCUT2D eigenvalue weighted by atomic mass is 16.6. The van der Waals surface area contributed by atoms with Gasteiger partial charge in [0.05, 0.1) is 15.7 Å². The van der Waals surface area contributed by atoms with Crippen LogP contribution in [-0.4, -0.2) is 14.3 Å². The molecule has 0 amide bonds. The number of nitro groups is 1. The van der Waals surface area contributed by atoms with Gasteiger partial charge in [-0.25, -0.2) is 9.36 Å². The monoisotopic (exact) mass is 324 g/mol. The third kappa shape index (κ3) is 2.00. The van der Waals surface area contributed by atoms with Crippen LogP contribution in [0.3, 0.4) is 0 Å². The van der Waals surface area contributed by atoms with Gasteiger partial charge in [0.15, 0.2) is 0 Å². The van der Waals surface area contributed by atoms with Crippen LogP contribution in [0.1, 0.15) is 0 Å². The van der Waals surface area contributed by atoms with Gasteiger partial charge in [0, 0.05) is 17.8 Å². The summed E-state index contributed by atoms with van der Waals surface area (Å²) in [5, 5.41) is 11.2. The second-order valence-corrected chi connectivity index (χ2v) is 5.55. The van der Waals surface area contributed by atoms with Gasteiger partial charge in [-0.05, 0) is 18.2 Å². The van der Waals surface area contributed by atoms with Crippen molar-refractivity contribution in [3.05, 3.63) is 79.4 Å². The molecule has 0 saturated heterocycles. The van der Waals surface area contributed by atoms with Crippen molar-refractivity contribution in [2.75, 3.05) is 4.90 Å². The standard InChI is InChI=1S/C16H12N4O4/c21-15-13-7-6-12(20(23)24)8-14(13)16(22)19-10-17(9-18(15)19)11-4-2-1-3-5-11/h1-8H,9-10H2. The van der Waals surface area contributed by atoms with Crippen molar-refractivity contribution in [3.8, 4) is 0 Å². The summed E-state index contributed by atoms with van der Waals surface area (Å²) >= 11 is 0. The first kappa shape index (κ1) is 14.2. The van der Waals surface area contributed by atoms with E-state index in [1.165, 1.54) is 21.5 Å². The van der Waals surface area contributed by atoms with Crippen LogP contribution in [0.2, 0.25) is 0 Å². The van der Waals surface area contributed by atoms with Crippen LogP contribution in [0, 0.1) is 10.1 Å². The van der Waals surface area contributed by atoms with Crippen molar-refractivity contribution in [1.82, 2.24) is 9.36 Å². The summed E-state index contributed by atoms with van der Waals surface area (Å²) in [4.78, 5) is 37.5. The lowest BCUT2D eigenvalue weighted by molar-refractivity contribution is -0.384. The van der Waals surface area contributed by atoms with Crippen molar-refractivity contribution >= 4 is 22.1 Å². The van der Waals surface area contributed by atoms with E-state index in [2.05, 4.69) is 0 Å². The minimum absolute atomic E-state index is 0.0698. The first-order valence-electron chi connectivity index (χ1n) is 7.28. The first-order chi connectivity index (χ1) is 11.6. The lowest BCUT2D eigenvalue weighted by Gasteiger charge is -2.14. The zero-order valence-electron chi connectivity index (χ0n) is 12.5. The maximum atomic E-state index is 12.7. The van der Waals surface area contributed by atoms with E-state index in [1.807, 2.05) is 35.2 Å². The number of para-hydroxylation sites is 1. The second kappa shape index (κ2) is 5.05. The Bertz CT molecular complexity index is 1080. The highest BCUT2D eigenvalue weighted by Gasteiger charge is 2.24. The molecule has 0 bridgehead atoms. The SMILES string of the molecule is O=c1c2ccc([N+](=O)[O-])cc2c(=O)n2n1CN(c1ccccc1)C2. The van der Waals surface area contributed by atoms with Crippen molar-refractivity contribution < 1.29 is 4.92 Å². The normalized spacial score (nSPS) is 13.2. The Morgan fingerprint density at radius 1 is 0.875 bits per heavy atom. The van der Waals surface area contributed by atoms with Gasteiger partial charge in [0.2, 0.25) is 0 Å². The highest BCUT2D eigenvalue weighted by Crippen LogP contribution is 2.20. The number of hydrogen-bond acceptors (Lipinski definition) is 5. The van der Waals surface area contributed by atoms with Gasteiger partial charge >= 0.3 is 0 Å². The number of hydrogen-bond donors (Lipinski definition) is 0. The zero-order chi connectivity index (χ0) is 16.8. The summed E-state index contributed by atoms with van der Waals surface area (Å²) in [7, 11) is 0. The molecule has 3 aromatic rings. The van der Waals surface area contributed by atoms with E-state index in [1.54, 1.807) is 0 Å². The van der Waals surface area contributed by atoms with E-state index in [0.29, 0.717) is 0 Å². The molecule has 8 nitrogen and oxygen atoms in total. The molecule has 4 rings (SSSR count). The van der Waals surface area contributed by atoms with Gasteiger partial charge in [-0.2, -0.15) is 0 Å². The van der Waals surface area contributed by atoms with Crippen LogP contribution in [0.15, 0.2) is 58.1 Å². The molecule has 2 aromatic carbocycles. The summed E-state index contributed by atoms with van der Waals surface area (Å²) in [5.41, 5.74) is -0.0605. The largest absolute Gasteiger partial charge is 0.332 e. The Morgan fingerprint density at radius 2 is 1.50 bits per heavy atom. The van der Waals surface area contributed by atoms with Crippen molar-refractivity contribution in [1.29, 1.82) is 0 Å². The zero-order valence-corrected chi connectivity index (χ0v) is 12.5. The highest BCUT2D eigenvalue weighted by molar-refractivity contribution is 5.83. The number of rotatable bonds is 2. The number of anilines is 1. The summed E-state index contributed by atoms with van der Waals surface area (Å²) in [6.07, 6.45) is 0. The molecule has 24 heavy (non-hydrogen) atoms.